The van der Waals surface area contributed by atoms with Crippen molar-refractivity contribution in [1.82, 2.24) is 10.2 Å². The first-order valence-electron chi connectivity index (χ1n) is 10.3. The molecule has 0 amide bonds. The minimum Gasteiger partial charge on any atom is -0.478 e. The fourth-order valence-corrected chi connectivity index (χ4v) is 3.88. The Bertz CT molecular complexity index is 967. The number of hydrogen-bond acceptors (Lipinski definition) is 5. The number of carboxylic acid groups (broad SMARTS) is 1. The van der Waals surface area contributed by atoms with Crippen LogP contribution in [0.3, 0.4) is 0 Å². The molecule has 0 bridgehead atoms. The van der Waals surface area contributed by atoms with Crippen molar-refractivity contribution in [3.63, 3.8) is 0 Å². The largest absolute Gasteiger partial charge is 0.478 e. The van der Waals surface area contributed by atoms with Gasteiger partial charge in [-0.1, -0.05) is 18.2 Å². The number of hydrogen-bond donors (Lipinski definition) is 6. The Kier molecular flexibility index (Phi) is 7.38. The number of nitrogens with one attached hydrogen (secondary N) is 3. The zero-order valence-electron chi connectivity index (χ0n) is 17.4. The predicted octanol–water partition coefficient (Wildman–Crippen LogP) is 2.11. The van der Waals surface area contributed by atoms with Crippen LogP contribution < -0.4 is 11.1 Å². The van der Waals surface area contributed by atoms with Crippen LogP contribution in [-0.4, -0.2) is 59.0 Å². The molecule has 1 aliphatic heterocycles. The Hall–Kier alpha value is -3.23. The summed E-state index contributed by atoms with van der Waals surface area (Å²) in [6.07, 6.45) is 1.90. The molecule has 2 aromatic rings. The Morgan fingerprint density at radius 1 is 1.10 bits per heavy atom. The van der Waals surface area contributed by atoms with Crippen LogP contribution in [0.5, 0.6) is 0 Å². The SMILES string of the molecule is N=C(N)c1cccc(-c2cc(CNCC3CCN(C(=N)CO)CC3)cc(C(=O)O)c2)c1. The van der Waals surface area contributed by atoms with Crippen LogP contribution in [0, 0.1) is 16.7 Å². The van der Waals surface area contributed by atoms with Crippen molar-refractivity contribution in [2.24, 2.45) is 11.7 Å². The van der Waals surface area contributed by atoms with Crippen molar-refractivity contribution >= 4 is 17.6 Å². The summed E-state index contributed by atoms with van der Waals surface area (Å²) >= 11 is 0. The van der Waals surface area contributed by atoms with Gasteiger partial charge in [-0.3, -0.25) is 10.8 Å². The fourth-order valence-electron chi connectivity index (χ4n) is 3.88. The molecule has 0 radical (unpaired) electrons. The van der Waals surface area contributed by atoms with Crippen molar-refractivity contribution in [3.05, 3.63) is 59.2 Å². The lowest BCUT2D eigenvalue weighted by Gasteiger charge is -2.33. The van der Waals surface area contributed by atoms with E-state index in [2.05, 4.69) is 5.32 Å². The number of piperidine rings is 1. The molecule has 164 valence electrons. The summed E-state index contributed by atoms with van der Waals surface area (Å²) in [7, 11) is 0. The van der Waals surface area contributed by atoms with Crippen molar-refractivity contribution in [2.75, 3.05) is 26.2 Å². The van der Waals surface area contributed by atoms with Crippen molar-refractivity contribution in [2.45, 2.75) is 19.4 Å². The number of amidine groups is 2. The molecular formula is C23H29N5O3. The molecule has 3 rings (SSSR count). The molecule has 0 saturated carbocycles. The number of carbonyl (C=O) groups is 1. The number of aliphatic hydroxyl groups is 1. The van der Waals surface area contributed by atoms with E-state index in [4.69, 9.17) is 21.7 Å². The minimum absolute atomic E-state index is 0.0293. The maximum Gasteiger partial charge on any atom is 0.335 e. The van der Waals surface area contributed by atoms with Gasteiger partial charge >= 0.3 is 5.97 Å². The second-order valence-electron chi connectivity index (χ2n) is 7.88. The number of aromatic carboxylic acids is 1. The van der Waals surface area contributed by atoms with Crippen LogP contribution in [0.4, 0.5) is 0 Å². The van der Waals surface area contributed by atoms with Gasteiger partial charge in [0.25, 0.3) is 0 Å². The maximum absolute atomic E-state index is 11.6. The van der Waals surface area contributed by atoms with E-state index >= 15 is 0 Å². The predicted molar refractivity (Wildman–Crippen MR) is 121 cm³/mol. The highest BCUT2D eigenvalue weighted by Gasteiger charge is 2.20. The van der Waals surface area contributed by atoms with Crippen LogP contribution in [0.25, 0.3) is 11.1 Å². The van der Waals surface area contributed by atoms with E-state index in [1.54, 1.807) is 30.3 Å². The number of benzene rings is 2. The first-order valence-corrected chi connectivity index (χ1v) is 10.3. The number of nitrogen functional groups attached to an aromatic ring is 1. The molecule has 1 aliphatic rings. The highest BCUT2D eigenvalue weighted by molar-refractivity contribution is 5.96. The van der Waals surface area contributed by atoms with E-state index in [0.717, 1.165) is 49.2 Å². The van der Waals surface area contributed by atoms with Crippen molar-refractivity contribution in [3.8, 4) is 11.1 Å². The number of aliphatic hydroxyl groups excluding tert-OH is 1. The Morgan fingerprint density at radius 2 is 1.81 bits per heavy atom. The summed E-state index contributed by atoms with van der Waals surface area (Å²) in [5.41, 5.74) is 8.87. The summed E-state index contributed by atoms with van der Waals surface area (Å²) in [5, 5.41) is 37.4. The van der Waals surface area contributed by atoms with Crippen molar-refractivity contribution < 1.29 is 15.0 Å². The summed E-state index contributed by atoms with van der Waals surface area (Å²) < 4.78 is 0. The van der Waals surface area contributed by atoms with Crippen LogP contribution in [0.1, 0.15) is 34.3 Å². The molecule has 1 heterocycles. The molecule has 0 atom stereocenters. The Balaban J connectivity index is 1.66. The molecular weight excluding hydrogens is 394 g/mol. The molecule has 8 heteroatoms. The van der Waals surface area contributed by atoms with Gasteiger partial charge in [-0.25, -0.2) is 4.79 Å². The second kappa shape index (κ2) is 10.2. The molecule has 0 spiro atoms. The van der Waals surface area contributed by atoms with Crippen LogP contribution in [0.2, 0.25) is 0 Å². The third-order valence-electron chi connectivity index (χ3n) is 5.65. The zero-order valence-corrected chi connectivity index (χ0v) is 17.4. The fraction of sp³-hybridized carbons (Fsp3) is 0.348. The van der Waals surface area contributed by atoms with Gasteiger partial charge in [-0.15, -0.1) is 0 Å². The van der Waals surface area contributed by atoms with Gasteiger partial charge in [0.2, 0.25) is 0 Å². The highest BCUT2D eigenvalue weighted by Crippen LogP contribution is 2.24. The maximum atomic E-state index is 11.6. The third-order valence-corrected chi connectivity index (χ3v) is 5.65. The molecule has 1 fully saturated rings. The van der Waals surface area contributed by atoms with Gasteiger partial charge in [0, 0.05) is 25.2 Å². The van der Waals surface area contributed by atoms with Gasteiger partial charge in [0.15, 0.2) is 0 Å². The molecule has 1 saturated heterocycles. The Labute approximate surface area is 181 Å². The average molecular weight is 424 g/mol. The van der Waals surface area contributed by atoms with E-state index in [0.29, 0.717) is 18.0 Å². The molecule has 0 aliphatic carbocycles. The van der Waals surface area contributed by atoms with E-state index in [1.807, 2.05) is 17.0 Å². The van der Waals surface area contributed by atoms with Gasteiger partial charge in [0.1, 0.15) is 18.3 Å². The molecule has 31 heavy (non-hydrogen) atoms. The van der Waals surface area contributed by atoms with E-state index in [9.17, 15) is 9.90 Å². The van der Waals surface area contributed by atoms with Crippen LogP contribution >= 0.6 is 0 Å². The minimum atomic E-state index is -0.982. The van der Waals surface area contributed by atoms with Crippen LogP contribution in [-0.2, 0) is 6.54 Å². The van der Waals surface area contributed by atoms with E-state index < -0.39 is 5.97 Å². The highest BCUT2D eigenvalue weighted by atomic mass is 16.4. The summed E-state index contributed by atoms with van der Waals surface area (Å²) in [5.74, 6) is -0.252. The van der Waals surface area contributed by atoms with Gasteiger partial charge in [-0.05, 0) is 66.3 Å². The molecule has 0 unspecified atom stereocenters. The zero-order chi connectivity index (χ0) is 22.4. The second-order valence-corrected chi connectivity index (χ2v) is 7.88. The first kappa shape index (κ1) is 22.5. The smallest absolute Gasteiger partial charge is 0.335 e. The van der Waals surface area contributed by atoms with E-state index in [-0.39, 0.29) is 23.8 Å². The monoisotopic (exact) mass is 423 g/mol. The normalized spacial score (nSPS) is 14.4. The molecule has 0 aromatic heterocycles. The quantitative estimate of drug-likeness (QED) is 0.283. The molecule has 2 aromatic carbocycles. The molecule has 8 nitrogen and oxygen atoms in total. The summed E-state index contributed by atoms with van der Waals surface area (Å²) in [6.45, 7) is 2.69. The number of nitrogens with zero attached hydrogens (tertiary/aromatic N) is 1. The average Bonchev–Trinajstić information content (AvgIpc) is 2.79. The van der Waals surface area contributed by atoms with Crippen LogP contribution in [0.15, 0.2) is 42.5 Å². The topological polar surface area (TPSA) is 147 Å². The lowest BCUT2D eigenvalue weighted by Crippen LogP contribution is -2.41. The summed E-state index contributed by atoms with van der Waals surface area (Å²) in [4.78, 5) is 13.5. The number of rotatable bonds is 8. The summed E-state index contributed by atoms with van der Waals surface area (Å²) in [6, 6.07) is 12.5. The lowest BCUT2D eigenvalue weighted by atomic mass is 9.96. The number of likely N-dealkylation sites (tertiary alicyclic amines) is 1. The van der Waals surface area contributed by atoms with Gasteiger partial charge in [-0.2, -0.15) is 0 Å². The third kappa shape index (κ3) is 5.90. The molecule has 7 N–H and O–H groups in total. The number of nitrogens with two attached hydrogens (primary N) is 1. The lowest BCUT2D eigenvalue weighted by molar-refractivity contribution is 0.0696. The number of carboxylic acids is 1. The van der Waals surface area contributed by atoms with E-state index in [1.165, 1.54) is 0 Å². The Morgan fingerprint density at radius 3 is 2.45 bits per heavy atom. The standard InChI is InChI=1S/C23H29N5O3/c24-21(14-29)28-6-4-15(5-7-28)12-27-13-16-8-19(11-20(9-16)23(30)31)17-2-1-3-18(10-17)22(25)26/h1-3,8-11,15,24,27,29H,4-7,12-14H2,(H3,25,26)(H,30,31). The van der Waals surface area contributed by atoms with Gasteiger partial charge in [0.05, 0.1) is 5.56 Å². The first-order chi connectivity index (χ1) is 14.9. The van der Waals surface area contributed by atoms with Gasteiger partial charge < -0.3 is 26.2 Å². The van der Waals surface area contributed by atoms with Crippen molar-refractivity contribution in [1.29, 1.82) is 10.8 Å².